The lowest BCUT2D eigenvalue weighted by Crippen LogP contribution is -2.49. The van der Waals surface area contributed by atoms with Crippen LogP contribution >= 0.6 is 15.9 Å². The molecule has 0 saturated carbocycles. The summed E-state index contributed by atoms with van der Waals surface area (Å²) in [6.45, 7) is 0.843. The van der Waals surface area contributed by atoms with E-state index in [-0.39, 0.29) is 11.9 Å². The largest absolute Gasteiger partial charge is 0.348 e. The Hall–Kier alpha value is -0.990. The number of hydrogen-bond acceptors (Lipinski definition) is 4. The molecule has 2 rings (SSSR count). The number of rotatable bonds is 3. The van der Waals surface area contributed by atoms with Crippen molar-refractivity contribution in [1.82, 2.24) is 14.6 Å². The van der Waals surface area contributed by atoms with Gasteiger partial charge in [-0.1, -0.05) is 0 Å². The van der Waals surface area contributed by atoms with Crippen LogP contribution in [-0.4, -0.2) is 49.0 Å². The Kier molecular flexibility index (Phi) is 4.77. The minimum Gasteiger partial charge on any atom is -0.348 e. The van der Waals surface area contributed by atoms with Gasteiger partial charge in [-0.15, -0.1) is 0 Å². The van der Waals surface area contributed by atoms with E-state index in [0.717, 1.165) is 17.3 Å². The second-order valence-electron chi connectivity index (χ2n) is 4.83. The molecule has 1 fully saturated rings. The van der Waals surface area contributed by atoms with Crippen LogP contribution in [0, 0.1) is 0 Å². The SMILES string of the molecule is CS(=O)(=O)N1CCCC(NC(=O)c2cncc(Br)c2)C1. The first-order valence-corrected chi connectivity index (χ1v) is 8.87. The zero-order valence-corrected chi connectivity index (χ0v) is 13.4. The number of aromatic nitrogens is 1. The van der Waals surface area contributed by atoms with Crippen LogP contribution in [0.5, 0.6) is 0 Å². The molecule has 0 aliphatic carbocycles. The normalized spacial score (nSPS) is 20.6. The third-order valence-electron chi connectivity index (χ3n) is 3.16. The minimum absolute atomic E-state index is 0.162. The molecule has 1 saturated heterocycles. The van der Waals surface area contributed by atoms with Gasteiger partial charge in [0.25, 0.3) is 5.91 Å². The van der Waals surface area contributed by atoms with Crippen LogP contribution in [0.25, 0.3) is 0 Å². The summed E-state index contributed by atoms with van der Waals surface area (Å²) >= 11 is 3.26. The van der Waals surface area contributed by atoms with Crippen LogP contribution in [0.3, 0.4) is 0 Å². The molecule has 1 aromatic rings. The first kappa shape index (κ1) is 15.4. The maximum atomic E-state index is 12.1. The van der Waals surface area contributed by atoms with Crippen LogP contribution in [0.2, 0.25) is 0 Å². The molecule has 1 atom stereocenters. The summed E-state index contributed by atoms with van der Waals surface area (Å²) < 4.78 is 25.2. The molecule has 8 heteroatoms. The van der Waals surface area contributed by atoms with E-state index in [1.807, 2.05) is 0 Å². The van der Waals surface area contributed by atoms with Gasteiger partial charge in [-0.3, -0.25) is 9.78 Å². The molecule has 20 heavy (non-hydrogen) atoms. The molecular weight excluding hydrogens is 346 g/mol. The highest BCUT2D eigenvalue weighted by Crippen LogP contribution is 2.14. The second kappa shape index (κ2) is 6.19. The van der Waals surface area contributed by atoms with Gasteiger partial charge in [0.2, 0.25) is 10.0 Å². The van der Waals surface area contributed by atoms with E-state index in [0.29, 0.717) is 18.7 Å². The molecule has 0 spiro atoms. The molecule has 110 valence electrons. The van der Waals surface area contributed by atoms with E-state index >= 15 is 0 Å². The zero-order valence-electron chi connectivity index (χ0n) is 11.0. The predicted molar refractivity (Wildman–Crippen MR) is 78.8 cm³/mol. The number of hydrogen-bond donors (Lipinski definition) is 1. The van der Waals surface area contributed by atoms with Crippen molar-refractivity contribution in [2.24, 2.45) is 0 Å². The Labute approximate surface area is 126 Å². The first-order chi connectivity index (χ1) is 9.36. The fourth-order valence-electron chi connectivity index (χ4n) is 2.17. The molecule has 1 aromatic heterocycles. The number of carbonyl (C=O) groups is 1. The third-order valence-corrected chi connectivity index (χ3v) is 4.86. The van der Waals surface area contributed by atoms with Gasteiger partial charge in [0, 0.05) is 36.0 Å². The molecule has 0 aromatic carbocycles. The summed E-state index contributed by atoms with van der Waals surface area (Å²) in [7, 11) is -3.20. The molecule has 2 heterocycles. The van der Waals surface area contributed by atoms with E-state index in [1.54, 1.807) is 12.3 Å². The molecule has 6 nitrogen and oxygen atoms in total. The van der Waals surface area contributed by atoms with Crippen LogP contribution in [0.15, 0.2) is 22.9 Å². The number of pyridine rings is 1. The smallest absolute Gasteiger partial charge is 0.253 e. The van der Waals surface area contributed by atoms with Gasteiger partial charge >= 0.3 is 0 Å². The lowest BCUT2D eigenvalue weighted by atomic mass is 10.1. The van der Waals surface area contributed by atoms with Crippen molar-refractivity contribution < 1.29 is 13.2 Å². The zero-order chi connectivity index (χ0) is 14.8. The Morgan fingerprint density at radius 3 is 2.90 bits per heavy atom. The molecule has 1 aliphatic rings. The highest BCUT2D eigenvalue weighted by atomic mass is 79.9. The van der Waals surface area contributed by atoms with Gasteiger partial charge in [-0.05, 0) is 34.8 Å². The van der Waals surface area contributed by atoms with Crippen LogP contribution < -0.4 is 5.32 Å². The monoisotopic (exact) mass is 361 g/mol. The number of amides is 1. The van der Waals surface area contributed by atoms with E-state index in [9.17, 15) is 13.2 Å². The molecule has 1 N–H and O–H groups in total. The van der Waals surface area contributed by atoms with Gasteiger partial charge < -0.3 is 5.32 Å². The molecular formula is C12H16BrN3O3S. The van der Waals surface area contributed by atoms with Gasteiger partial charge in [-0.25, -0.2) is 12.7 Å². The lowest BCUT2D eigenvalue weighted by molar-refractivity contribution is 0.0921. The van der Waals surface area contributed by atoms with Crippen LogP contribution in [0.4, 0.5) is 0 Å². The van der Waals surface area contributed by atoms with Crippen LogP contribution in [0.1, 0.15) is 23.2 Å². The summed E-state index contributed by atoms with van der Waals surface area (Å²) in [5, 5.41) is 2.86. The van der Waals surface area contributed by atoms with Crippen molar-refractivity contribution in [3.63, 3.8) is 0 Å². The van der Waals surface area contributed by atoms with E-state index in [1.165, 1.54) is 16.8 Å². The van der Waals surface area contributed by atoms with Crippen molar-refractivity contribution in [2.75, 3.05) is 19.3 Å². The maximum Gasteiger partial charge on any atom is 0.253 e. The van der Waals surface area contributed by atoms with E-state index in [2.05, 4.69) is 26.2 Å². The quantitative estimate of drug-likeness (QED) is 0.870. The fourth-order valence-corrected chi connectivity index (χ4v) is 3.44. The van der Waals surface area contributed by atoms with Crippen molar-refractivity contribution in [2.45, 2.75) is 18.9 Å². The standard InChI is InChI=1S/C12H16BrN3O3S/c1-20(18,19)16-4-2-3-11(8-16)15-12(17)9-5-10(13)7-14-6-9/h5-7,11H,2-4,8H2,1H3,(H,15,17). The highest BCUT2D eigenvalue weighted by molar-refractivity contribution is 9.10. The average Bonchev–Trinajstić information content (AvgIpc) is 2.38. The summed E-state index contributed by atoms with van der Waals surface area (Å²) in [5.41, 5.74) is 0.454. The van der Waals surface area contributed by atoms with Crippen molar-refractivity contribution in [3.05, 3.63) is 28.5 Å². The number of nitrogens with one attached hydrogen (secondary N) is 1. The average molecular weight is 362 g/mol. The number of piperidine rings is 1. The van der Waals surface area contributed by atoms with Gasteiger partial charge in [-0.2, -0.15) is 0 Å². The Balaban J connectivity index is 2.01. The lowest BCUT2D eigenvalue weighted by Gasteiger charge is -2.31. The van der Waals surface area contributed by atoms with Crippen molar-refractivity contribution in [3.8, 4) is 0 Å². The van der Waals surface area contributed by atoms with E-state index in [4.69, 9.17) is 0 Å². The second-order valence-corrected chi connectivity index (χ2v) is 7.72. The Morgan fingerprint density at radius 1 is 1.50 bits per heavy atom. The summed E-state index contributed by atoms with van der Waals surface area (Å²) in [4.78, 5) is 16.0. The Morgan fingerprint density at radius 2 is 2.25 bits per heavy atom. The molecule has 1 amide bonds. The third kappa shape index (κ3) is 4.00. The maximum absolute atomic E-state index is 12.1. The molecule has 1 aliphatic heterocycles. The van der Waals surface area contributed by atoms with Gasteiger partial charge in [0.1, 0.15) is 0 Å². The molecule has 0 radical (unpaired) electrons. The number of halogens is 1. The van der Waals surface area contributed by atoms with Gasteiger partial charge in [0.15, 0.2) is 0 Å². The fraction of sp³-hybridized carbons (Fsp3) is 0.500. The summed E-state index contributed by atoms with van der Waals surface area (Å²) in [6, 6.07) is 1.52. The number of sulfonamides is 1. The first-order valence-electron chi connectivity index (χ1n) is 6.23. The summed E-state index contributed by atoms with van der Waals surface area (Å²) in [6.07, 6.45) is 5.80. The predicted octanol–water partition coefficient (Wildman–Crippen LogP) is 0.998. The van der Waals surface area contributed by atoms with E-state index < -0.39 is 10.0 Å². The van der Waals surface area contributed by atoms with Crippen molar-refractivity contribution >= 4 is 31.9 Å². The summed E-state index contributed by atoms with van der Waals surface area (Å²) in [5.74, 6) is -0.237. The molecule has 1 unspecified atom stereocenters. The minimum atomic E-state index is -3.20. The number of nitrogens with zero attached hydrogens (tertiary/aromatic N) is 2. The van der Waals surface area contributed by atoms with Gasteiger partial charge in [0.05, 0.1) is 11.8 Å². The van der Waals surface area contributed by atoms with Crippen LogP contribution in [-0.2, 0) is 10.0 Å². The molecule has 0 bridgehead atoms. The topological polar surface area (TPSA) is 79.4 Å². The number of carbonyl (C=O) groups excluding carboxylic acids is 1. The highest BCUT2D eigenvalue weighted by Gasteiger charge is 2.27. The Bertz CT molecular complexity index is 606. The van der Waals surface area contributed by atoms with Crippen molar-refractivity contribution in [1.29, 1.82) is 0 Å².